The Bertz CT molecular complexity index is 962. The van der Waals surface area contributed by atoms with E-state index >= 15 is 0 Å². The number of amides is 3. The Morgan fingerprint density at radius 3 is 2.36 bits per heavy atom. The maximum absolute atomic E-state index is 12.9. The van der Waals surface area contributed by atoms with Gasteiger partial charge >= 0.3 is 12.1 Å². The highest BCUT2D eigenvalue weighted by Gasteiger charge is 2.41. The number of carbonyl (C=O) groups is 4. The average Bonchev–Trinajstić information content (AvgIpc) is 3.10. The molecule has 1 atom stereocenters. The second-order valence-corrected chi connectivity index (χ2v) is 7.62. The predicted molar refractivity (Wildman–Crippen MR) is 108 cm³/mol. The van der Waals surface area contributed by atoms with Crippen LogP contribution in [0.5, 0.6) is 5.75 Å². The number of benzene rings is 1. The minimum atomic E-state index is -5.08. The van der Waals surface area contributed by atoms with Crippen LogP contribution in [0.1, 0.15) is 28.8 Å². The smallest absolute Gasteiger partial charge is 0.490 e. The maximum atomic E-state index is 12.9. The van der Waals surface area contributed by atoms with Crippen LogP contribution in [-0.4, -0.2) is 79.2 Å². The van der Waals surface area contributed by atoms with E-state index in [1.165, 1.54) is 0 Å². The van der Waals surface area contributed by atoms with Gasteiger partial charge in [-0.25, -0.2) is 4.79 Å². The van der Waals surface area contributed by atoms with E-state index in [9.17, 15) is 27.6 Å². The first kappa shape index (κ1) is 24.3. The summed E-state index contributed by atoms with van der Waals surface area (Å²) in [5.41, 5.74) is 2.42. The first-order chi connectivity index (χ1) is 15.5. The molecule has 0 radical (unpaired) electrons. The van der Waals surface area contributed by atoms with Gasteiger partial charge in [-0.2, -0.15) is 13.2 Å². The number of anilines is 1. The minimum Gasteiger partial charge on any atom is -0.496 e. The lowest BCUT2D eigenvalue weighted by Crippen LogP contribution is -2.52. The zero-order chi connectivity index (χ0) is 24.3. The number of ether oxygens (including phenoxy) is 1. The molecule has 3 amide bonds. The molecule has 1 unspecified atom stereocenters. The molecule has 0 aromatic heterocycles. The summed E-state index contributed by atoms with van der Waals surface area (Å²) in [6, 6.07) is 3.31. The van der Waals surface area contributed by atoms with Crippen molar-refractivity contribution in [3.05, 3.63) is 23.3 Å². The molecule has 4 rings (SSSR count). The number of piperazine rings is 1. The molecular formula is C20H23F3N4O6. The standard InChI is InChI=1S/C18H22N4O4.C2HF3O2/c1-26-14-9-12(21-6-4-19-5-7-21)8-11-10-22(18(25)16(11)14)13-2-3-15(23)20-17(13)24;3-2(4,5)1(6)7/h8-9,13,19H,2-7,10H2,1H3,(H,20,23,24);(H,6,7). The summed E-state index contributed by atoms with van der Waals surface area (Å²) in [6.07, 6.45) is -4.48. The Morgan fingerprint density at radius 2 is 1.82 bits per heavy atom. The SMILES string of the molecule is COc1cc(N2CCNCC2)cc2c1C(=O)N(C1CCC(=O)NC1=O)C2.O=C(O)C(F)(F)F. The van der Waals surface area contributed by atoms with E-state index in [0.29, 0.717) is 24.3 Å². The summed E-state index contributed by atoms with van der Waals surface area (Å²) in [5, 5.41) is 12.8. The van der Waals surface area contributed by atoms with Crippen LogP contribution in [0.4, 0.5) is 18.9 Å². The second-order valence-electron chi connectivity index (χ2n) is 7.62. The Kier molecular flexibility index (Phi) is 7.10. The summed E-state index contributed by atoms with van der Waals surface area (Å²) < 4.78 is 37.2. The quantitative estimate of drug-likeness (QED) is 0.543. The fraction of sp³-hybridized carbons (Fsp3) is 0.500. The molecule has 2 saturated heterocycles. The van der Waals surface area contributed by atoms with Crippen molar-refractivity contribution in [1.82, 2.24) is 15.5 Å². The second kappa shape index (κ2) is 9.65. The highest BCUT2D eigenvalue weighted by atomic mass is 19.4. The third-order valence-electron chi connectivity index (χ3n) is 5.51. The summed E-state index contributed by atoms with van der Waals surface area (Å²) in [6.45, 7) is 3.98. The molecule has 1 aromatic carbocycles. The summed E-state index contributed by atoms with van der Waals surface area (Å²) in [7, 11) is 1.55. The van der Waals surface area contributed by atoms with Gasteiger partial charge in [0.15, 0.2) is 0 Å². The van der Waals surface area contributed by atoms with Crippen molar-refractivity contribution in [2.45, 2.75) is 31.6 Å². The van der Waals surface area contributed by atoms with Crippen LogP contribution in [0.25, 0.3) is 0 Å². The number of carbonyl (C=O) groups excluding carboxylic acids is 3. The Balaban J connectivity index is 0.000000383. The van der Waals surface area contributed by atoms with Gasteiger partial charge in [0.1, 0.15) is 11.8 Å². The van der Waals surface area contributed by atoms with E-state index in [1.54, 1.807) is 12.0 Å². The highest BCUT2D eigenvalue weighted by molar-refractivity contribution is 6.06. The van der Waals surface area contributed by atoms with Crippen LogP contribution in [-0.2, 0) is 20.9 Å². The number of carboxylic acid groups (broad SMARTS) is 1. The zero-order valence-corrected chi connectivity index (χ0v) is 17.7. The van der Waals surface area contributed by atoms with Gasteiger partial charge in [-0.3, -0.25) is 19.7 Å². The van der Waals surface area contributed by atoms with Crippen LogP contribution in [0, 0.1) is 0 Å². The number of halogens is 3. The van der Waals surface area contributed by atoms with Crippen LogP contribution in [0.2, 0.25) is 0 Å². The van der Waals surface area contributed by atoms with Gasteiger partial charge in [-0.05, 0) is 18.1 Å². The van der Waals surface area contributed by atoms with Crippen molar-refractivity contribution in [1.29, 1.82) is 0 Å². The Hall–Kier alpha value is -3.35. The molecule has 180 valence electrons. The molecule has 10 nitrogen and oxygen atoms in total. The number of carboxylic acids is 1. The average molecular weight is 472 g/mol. The van der Waals surface area contributed by atoms with Crippen LogP contribution in [0.3, 0.4) is 0 Å². The summed E-state index contributed by atoms with van der Waals surface area (Å²) >= 11 is 0. The van der Waals surface area contributed by atoms with Gasteiger partial charge in [-0.15, -0.1) is 0 Å². The normalized spacial score (nSPS) is 20.6. The van der Waals surface area contributed by atoms with Gasteiger partial charge in [0.25, 0.3) is 5.91 Å². The lowest BCUT2D eigenvalue weighted by atomic mass is 10.0. The third kappa shape index (κ3) is 5.35. The molecule has 0 bridgehead atoms. The summed E-state index contributed by atoms with van der Waals surface area (Å²) in [4.78, 5) is 49.2. The maximum Gasteiger partial charge on any atom is 0.490 e. The van der Waals surface area contributed by atoms with E-state index in [2.05, 4.69) is 15.5 Å². The van der Waals surface area contributed by atoms with Crippen molar-refractivity contribution >= 4 is 29.4 Å². The van der Waals surface area contributed by atoms with Gasteiger partial charge in [0.05, 0.1) is 12.7 Å². The van der Waals surface area contributed by atoms with Gasteiger partial charge < -0.3 is 25.0 Å². The van der Waals surface area contributed by atoms with Crippen molar-refractivity contribution in [3.8, 4) is 5.75 Å². The lowest BCUT2D eigenvalue weighted by Gasteiger charge is -2.30. The van der Waals surface area contributed by atoms with Crippen molar-refractivity contribution in [2.75, 3.05) is 38.2 Å². The van der Waals surface area contributed by atoms with Crippen molar-refractivity contribution in [3.63, 3.8) is 0 Å². The molecule has 0 saturated carbocycles. The molecule has 3 N–H and O–H groups in total. The van der Waals surface area contributed by atoms with E-state index < -0.39 is 24.1 Å². The fourth-order valence-corrected chi connectivity index (χ4v) is 3.92. The topological polar surface area (TPSA) is 128 Å². The van der Waals surface area contributed by atoms with Crippen LogP contribution < -0.4 is 20.3 Å². The molecule has 13 heteroatoms. The molecule has 3 heterocycles. The Labute approximate surface area is 186 Å². The molecule has 3 aliphatic rings. The number of piperidine rings is 1. The van der Waals surface area contributed by atoms with Crippen LogP contribution in [0.15, 0.2) is 12.1 Å². The van der Waals surface area contributed by atoms with Gasteiger partial charge in [0, 0.05) is 50.9 Å². The lowest BCUT2D eigenvalue weighted by molar-refractivity contribution is -0.192. The summed E-state index contributed by atoms with van der Waals surface area (Å²) in [5.74, 6) is -3.11. The number of hydrogen-bond acceptors (Lipinski definition) is 7. The van der Waals surface area contributed by atoms with Crippen LogP contribution >= 0.6 is 0 Å². The number of rotatable bonds is 3. The monoisotopic (exact) mass is 472 g/mol. The minimum absolute atomic E-state index is 0.210. The van der Waals surface area contributed by atoms with Crippen molar-refractivity contribution < 1.29 is 42.2 Å². The molecular weight excluding hydrogens is 449 g/mol. The van der Waals surface area contributed by atoms with E-state index in [0.717, 1.165) is 37.4 Å². The van der Waals surface area contributed by atoms with Crippen molar-refractivity contribution in [2.24, 2.45) is 0 Å². The van der Waals surface area contributed by atoms with Gasteiger partial charge in [0.2, 0.25) is 11.8 Å². The first-order valence-corrected chi connectivity index (χ1v) is 10.1. The molecule has 0 aliphatic carbocycles. The largest absolute Gasteiger partial charge is 0.496 e. The number of nitrogens with one attached hydrogen (secondary N) is 2. The molecule has 0 spiro atoms. The first-order valence-electron chi connectivity index (χ1n) is 10.1. The number of imide groups is 1. The van der Waals surface area contributed by atoms with Gasteiger partial charge in [-0.1, -0.05) is 0 Å². The van der Waals surface area contributed by atoms with E-state index in [-0.39, 0.29) is 18.2 Å². The highest BCUT2D eigenvalue weighted by Crippen LogP contribution is 2.37. The number of fused-ring (bicyclic) bond motifs is 1. The molecule has 3 aliphatic heterocycles. The van der Waals surface area contributed by atoms with E-state index in [4.69, 9.17) is 14.6 Å². The van der Waals surface area contributed by atoms with E-state index in [1.807, 2.05) is 12.1 Å². The molecule has 1 aromatic rings. The number of aliphatic carboxylic acids is 1. The number of methoxy groups -OCH3 is 1. The zero-order valence-electron chi connectivity index (χ0n) is 17.7. The molecule has 33 heavy (non-hydrogen) atoms. The molecule has 2 fully saturated rings. The number of alkyl halides is 3. The number of hydrogen-bond donors (Lipinski definition) is 3. The predicted octanol–water partition coefficient (Wildman–Crippen LogP) is 0.499. The Morgan fingerprint density at radius 1 is 1.18 bits per heavy atom. The fourth-order valence-electron chi connectivity index (χ4n) is 3.92. The third-order valence-corrected chi connectivity index (χ3v) is 5.51. The number of nitrogens with zero attached hydrogens (tertiary/aromatic N) is 2.